The Morgan fingerprint density at radius 3 is 2.72 bits per heavy atom. The SMILES string of the molecule is CCOC(=O)OC1=C(CN2CC(F)(F)C[C@H]2C(=O)O)NC(c2nccs2)=N[C@H]1c1ccc(F)c(F)c1. The average Bonchev–Trinajstić information content (AvgIpc) is 3.44. The van der Waals surface area contributed by atoms with Gasteiger partial charge < -0.3 is 19.9 Å². The van der Waals surface area contributed by atoms with E-state index in [-0.39, 0.29) is 29.5 Å². The first-order chi connectivity index (χ1) is 17.1. The van der Waals surface area contributed by atoms with Crippen molar-refractivity contribution in [3.63, 3.8) is 0 Å². The summed E-state index contributed by atoms with van der Waals surface area (Å²) in [6.07, 6.45) is -0.551. The van der Waals surface area contributed by atoms with E-state index in [1.54, 1.807) is 5.38 Å². The van der Waals surface area contributed by atoms with E-state index in [0.717, 1.165) is 17.0 Å². The lowest BCUT2D eigenvalue weighted by molar-refractivity contribution is -0.142. The van der Waals surface area contributed by atoms with Gasteiger partial charge in [-0.15, -0.1) is 11.3 Å². The summed E-state index contributed by atoms with van der Waals surface area (Å²) in [6, 6.07) is 0.222. The van der Waals surface area contributed by atoms with Crippen molar-refractivity contribution in [3.05, 3.63) is 63.4 Å². The van der Waals surface area contributed by atoms with Gasteiger partial charge in [-0.3, -0.25) is 9.69 Å². The summed E-state index contributed by atoms with van der Waals surface area (Å²) in [5, 5.41) is 14.4. The normalized spacial score (nSPS) is 21.6. The smallest absolute Gasteiger partial charge is 0.480 e. The molecule has 0 unspecified atom stereocenters. The average molecular weight is 528 g/mol. The molecule has 2 aliphatic rings. The number of alkyl halides is 2. The maximum absolute atomic E-state index is 14.1. The minimum absolute atomic E-state index is 0.0157. The van der Waals surface area contributed by atoms with Crippen molar-refractivity contribution in [3.8, 4) is 0 Å². The maximum atomic E-state index is 14.1. The number of rotatable bonds is 7. The Morgan fingerprint density at radius 2 is 2.08 bits per heavy atom. The molecular weight excluding hydrogens is 508 g/mol. The monoisotopic (exact) mass is 528 g/mol. The van der Waals surface area contributed by atoms with Crippen molar-refractivity contribution >= 4 is 29.3 Å². The van der Waals surface area contributed by atoms with Crippen molar-refractivity contribution in [2.45, 2.75) is 31.4 Å². The third-order valence-corrected chi connectivity index (χ3v) is 6.22. The molecule has 0 radical (unpaired) electrons. The maximum Gasteiger partial charge on any atom is 0.513 e. The number of likely N-dealkylation sites (tertiary alicyclic amines) is 1. The minimum Gasteiger partial charge on any atom is -0.480 e. The summed E-state index contributed by atoms with van der Waals surface area (Å²) in [5.41, 5.74) is 0.102. The van der Waals surface area contributed by atoms with Crippen LogP contribution < -0.4 is 5.32 Å². The standard InChI is InChI=1S/C22H20F4N4O5S/c1-2-34-21(33)35-17-14(9-30-10-22(25,26)8-15(30)20(31)32)28-18(19-27-5-6-36-19)29-16(17)11-3-4-12(23)13(24)7-11/h3-7,15-16H,2,8-10H2,1H3,(H,28,29)(H,31,32)/t15-,16-/m0/s1. The van der Waals surface area contributed by atoms with Crippen molar-refractivity contribution in [1.82, 2.24) is 15.2 Å². The van der Waals surface area contributed by atoms with Crippen LogP contribution in [0.5, 0.6) is 0 Å². The number of ether oxygens (including phenoxy) is 2. The van der Waals surface area contributed by atoms with Crippen LogP contribution in [0.25, 0.3) is 0 Å². The summed E-state index contributed by atoms with van der Waals surface area (Å²) in [7, 11) is 0. The second-order valence-corrected chi connectivity index (χ2v) is 8.86. The van der Waals surface area contributed by atoms with Crippen LogP contribution in [0.15, 0.2) is 46.2 Å². The Balaban J connectivity index is 1.81. The topological polar surface area (TPSA) is 113 Å². The number of carbonyl (C=O) groups is 2. The number of nitrogens with one attached hydrogen (secondary N) is 1. The van der Waals surface area contributed by atoms with Gasteiger partial charge in [-0.1, -0.05) is 6.07 Å². The largest absolute Gasteiger partial charge is 0.513 e. The highest BCUT2D eigenvalue weighted by Crippen LogP contribution is 2.37. The van der Waals surface area contributed by atoms with Crippen LogP contribution in [0.4, 0.5) is 22.4 Å². The highest BCUT2D eigenvalue weighted by Gasteiger charge is 2.49. The highest BCUT2D eigenvalue weighted by molar-refractivity contribution is 7.11. The number of aliphatic carboxylic acids is 1. The van der Waals surface area contributed by atoms with Gasteiger partial charge in [-0.25, -0.2) is 32.3 Å². The Bertz CT molecular complexity index is 1220. The first-order valence-electron chi connectivity index (χ1n) is 10.7. The lowest BCUT2D eigenvalue weighted by Crippen LogP contribution is -2.43. The molecule has 1 fully saturated rings. The minimum atomic E-state index is -3.26. The molecule has 1 aromatic carbocycles. The summed E-state index contributed by atoms with van der Waals surface area (Å²) in [4.78, 5) is 33.6. The molecule has 0 saturated carbocycles. The van der Waals surface area contributed by atoms with Gasteiger partial charge in [-0.05, 0) is 24.6 Å². The zero-order valence-corrected chi connectivity index (χ0v) is 19.5. The number of nitrogens with zero attached hydrogens (tertiary/aromatic N) is 3. The first kappa shape index (κ1) is 25.6. The number of aliphatic imine (C=N–C) groups is 1. The van der Waals surface area contributed by atoms with E-state index in [0.29, 0.717) is 5.01 Å². The van der Waals surface area contributed by atoms with Crippen molar-refractivity contribution in [2.75, 3.05) is 19.7 Å². The summed E-state index contributed by atoms with van der Waals surface area (Å²) in [6.45, 7) is 0.218. The van der Waals surface area contributed by atoms with Gasteiger partial charge in [0.15, 0.2) is 28.2 Å². The van der Waals surface area contributed by atoms with E-state index in [2.05, 4.69) is 15.3 Å². The third kappa shape index (κ3) is 5.49. The van der Waals surface area contributed by atoms with Gasteiger partial charge >= 0.3 is 12.1 Å². The van der Waals surface area contributed by atoms with Crippen LogP contribution in [0.2, 0.25) is 0 Å². The molecule has 2 N–H and O–H groups in total. The van der Waals surface area contributed by atoms with Crippen LogP contribution >= 0.6 is 11.3 Å². The molecule has 4 rings (SSSR count). The molecule has 0 aliphatic carbocycles. The number of hydrogen-bond donors (Lipinski definition) is 2. The number of halogens is 4. The van der Waals surface area contributed by atoms with Gasteiger partial charge in [0.2, 0.25) is 0 Å². The Labute approximate surface area is 206 Å². The van der Waals surface area contributed by atoms with E-state index < -0.39 is 61.3 Å². The summed E-state index contributed by atoms with van der Waals surface area (Å²) < 4.78 is 66.2. The number of aromatic nitrogens is 1. The molecule has 0 spiro atoms. The van der Waals surface area contributed by atoms with E-state index in [1.165, 1.54) is 30.5 Å². The number of thiazole rings is 1. The van der Waals surface area contributed by atoms with Crippen molar-refractivity contribution < 1.29 is 41.7 Å². The van der Waals surface area contributed by atoms with Crippen LogP contribution in [0.1, 0.15) is 30.0 Å². The van der Waals surface area contributed by atoms with Crippen LogP contribution in [0.3, 0.4) is 0 Å². The Hall–Kier alpha value is -3.52. The van der Waals surface area contributed by atoms with Crippen molar-refractivity contribution in [1.29, 1.82) is 0 Å². The Kier molecular flexibility index (Phi) is 7.26. The molecule has 3 heterocycles. The zero-order chi connectivity index (χ0) is 26.0. The van der Waals surface area contributed by atoms with Crippen LogP contribution in [-0.2, 0) is 14.3 Å². The summed E-state index contributed by atoms with van der Waals surface area (Å²) >= 11 is 1.18. The summed E-state index contributed by atoms with van der Waals surface area (Å²) in [5.74, 6) is -7.09. The number of carboxylic acid groups (broad SMARTS) is 1. The van der Waals surface area contributed by atoms with E-state index >= 15 is 0 Å². The number of hydrogen-bond acceptors (Lipinski definition) is 9. The quantitative estimate of drug-likeness (QED) is 0.413. The molecule has 36 heavy (non-hydrogen) atoms. The van der Waals surface area contributed by atoms with Gasteiger partial charge in [0.25, 0.3) is 5.92 Å². The van der Waals surface area contributed by atoms with E-state index in [9.17, 15) is 32.3 Å². The third-order valence-electron chi connectivity index (χ3n) is 5.44. The molecule has 0 bridgehead atoms. The van der Waals surface area contributed by atoms with Gasteiger partial charge in [0.1, 0.15) is 12.1 Å². The van der Waals surface area contributed by atoms with Crippen molar-refractivity contribution in [2.24, 2.45) is 4.99 Å². The lowest BCUT2D eigenvalue weighted by Gasteiger charge is -2.30. The fraction of sp³-hybridized carbons (Fsp3) is 0.364. The zero-order valence-electron chi connectivity index (χ0n) is 18.7. The predicted molar refractivity (Wildman–Crippen MR) is 119 cm³/mol. The van der Waals surface area contributed by atoms with Gasteiger partial charge in [0, 0.05) is 24.5 Å². The fourth-order valence-electron chi connectivity index (χ4n) is 3.92. The number of carbonyl (C=O) groups excluding carboxylic acids is 1. The molecule has 192 valence electrons. The molecule has 1 saturated heterocycles. The molecule has 14 heteroatoms. The predicted octanol–water partition coefficient (Wildman–Crippen LogP) is 3.69. The number of benzene rings is 1. The number of amidine groups is 1. The lowest BCUT2D eigenvalue weighted by atomic mass is 10.0. The van der Waals surface area contributed by atoms with Crippen LogP contribution in [0, 0.1) is 11.6 Å². The molecule has 2 aliphatic heterocycles. The molecule has 0 amide bonds. The number of carboxylic acids is 1. The molecule has 1 aromatic heterocycles. The molecular formula is C22H20F4N4O5S. The second-order valence-electron chi connectivity index (χ2n) is 7.96. The Morgan fingerprint density at radius 1 is 1.31 bits per heavy atom. The molecule has 2 atom stereocenters. The second kappa shape index (κ2) is 10.2. The molecule has 9 nitrogen and oxygen atoms in total. The fourth-order valence-corrected chi connectivity index (χ4v) is 4.50. The highest BCUT2D eigenvalue weighted by atomic mass is 32.1. The van der Waals surface area contributed by atoms with E-state index in [1.807, 2.05) is 0 Å². The van der Waals surface area contributed by atoms with Gasteiger partial charge in [0.05, 0.1) is 18.8 Å². The van der Waals surface area contributed by atoms with Gasteiger partial charge in [-0.2, -0.15) is 0 Å². The molecule has 2 aromatic rings. The van der Waals surface area contributed by atoms with E-state index in [4.69, 9.17) is 9.47 Å². The van der Waals surface area contributed by atoms with Crippen LogP contribution in [-0.4, -0.2) is 64.6 Å². The first-order valence-corrected chi connectivity index (χ1v) is 11.6.